The number of morpholine rings is 2. The molecule has 60 heavy (non-hydrogen) atoms. The molecule has 17 nitrogen and oxygen atoms in total. The second-order valence-corrected chi connectivity index (χ2v) is 16.5. The highest BCUT2D eigenvalue weighted by molar-refractivity contribution is 7.10. The molecular formula is C41H52N10O7S2. The van der Waals surface area contributed by atoms with E-state index >= 15 is 0 Å². The van der Waals surface area contributed by atoms with Gasteiger partial charge in [0.05, 0.1) is 44.9 Å². The van der Waals surface area contributed by atoms with Crippen molar-refractivity contribution >= 4 is 79.7 Å². The first-order valence-corrected chi connectivity index (χ1v) is 22.2. The van der Waals surface area contributed by atoms with E-state index in [1.807, 2.05) is 37.3 Å². The highest BCUT2D eigenvalue weighted by Crippen LogP contribution is 2.34. The van der Waals surface area contributed by atoms with E-state index < -0.39 is 12.1 Å². The third kappa shape index (κ3) is 11.1. The van der Waals surface area contributed by atoms with Crippen LogP contribution >= 0.6 is 23.1 Å². The Morgan fingerprint density at radius 3 is 1.53 bits per heavy atom. The van der Waals surface area contributed by atoms with Gasteiger partial charge in [-0.15, -0.1) is 4.37 Å². The zero-order valence-electron chi connectivity index (χ0n) is 34.0. The van der Waals surface area contributed by atoms with Crippen LogP contribution in [-0.2, 0) is 15.9 Å². The number of nitrogens with zero attached hydrogens (tertiary/aromatic N) is 6. The zero-order chi connectivity index (χ0) is 41.8. The number of ether oxygens (including phenoxy) is 3. The molecule has 2 saturated heterocycles. The van der Waals surface area contributed by atoms with Crippen LogP contribution in [0.1, 0.15) is 84.8 Å². The Kier molecular flexibility index (Phi) is 14.9. The number of Topliss-reactive ketones (excluding diaryl/α,β-unsaturated/α-hetero) is 2. The quantitative estimate of drug-likeness (QED) is 0.103. The summed E-state index contributed by atoms with van der Waals surface area (Å²) in [6.07, 6.45) is 8.65. The molecule has 0 unspecified atom stereocenters. The number of nitrogens with one attached hydrogen (secondary N) is 4. The van der Waals surface area contributed by atoms with Crippen molar-refractivity contribution in [2.24, 2.45) is 11.8 Å². The normalized spacial score (nSPS) is 17.1. The van der Waals surface area contributed by atoms with Crippen LogP contribution in [0.25, 0.3) is 0 Å². The molecule has 4 aromatic rings. The highest BCUT2D eigenvalue weighted by Gasteiger charge is 2.29. The van der Waals surface area contributed by atoms with Crippen LogP contribution in [-0.4, -0.2) is 102 Å². The third-order valence-electron chi connectivity index (χ3n) is 11.1. The minimum Gasteiger partial charge on any atom is -0.466 e. The molecule has 8 rings (SSSR count). The van der Waals surface area contributed by atoms with Gasteiger partial charge in [-0.2, -0.15) is 9.36 Å². The maximum atomic E-state index is 13.2. The van der Waals surface area contributed by atoms with Crippen LogP contribution < -0.4 is 35.8 Å². The van der Waals surface area contributed by atoms with Gasteiger partial charge in [-0.1, -0.05) is 32.6 Å². The second kappa shape index (κ2) is 20.8. The van der Waals surface area contributed by atoms with Gasteiger partial charge in [-0.25, -0.2) is 14.6 Å². The van der Waals surface area contributed by atoms with Crippen LogP contribution in [0.4, 0.5) is 42.6 Å². The zero-order valence-corrected chi connectivity index (χ0v) is 35.6. The molecule has 0 atom stereocenters. The number of carbonyl (C=O) groups excluding carboxylic acids is 4. The fraction of sp³-hybridized carbons (Fsp3) is 0.512. The number of urea groups is 2. The monoisotopic (exact) mass is 860 g/mol. The van der Waals surface area contributed by atoms with Gasteiger partial charge >= 0.3 is 18.1 Å². The summed E-state index contributed by atoms with van der Waals surface area (Å²) in [6.45, 7) is 7.79. The third-order valence-corrected chi connectivity index (χ3v) is 12.3. The summed E-state index contributed by atoms with van der Waals surface area (Å²) in [5.41, 5.74) is 4.12. The molecule has 4 amide bonds. The van der Waals surface area contributed by atoms with Crippen molar-refractivity contribution in [3.05, 3.63) is 53.3 Å². The Hall–Kier alpha value is -5.24. The molecule has 4 N–H and O–H groups in total. The largest absolute Gasteiger partial charge is 0.466 e. The van der Waals surface area contributed by atoms with Crippen molar-refractivity contribution in [1.82, 2.24) is 18.7 Å². The number of hydrogen-bond acceptors (Lipinski definition) is 15. The number of rotatable bonds is 12. The molecule has 4 fully saturated rings. The number of methoxy groups -OCH3 is 1. The summed E-state index contributed by atoms with van der Waals surface area (Å²) in [4.78, 5) is 64.2. The van der Waals surface area contributed by atoms with Crippen molar-refractivity contribution in [3.8, 4) is 6.01 Å². The van der Waals surface area contributed by atoms with E-state index in [4.69, 9.17) is 14.2 Å². The number of amides is 4. The molecular weight excluding hydrogens is 809 g/mol. The Bertz CT molecular complexity index is 1960. The van der Waals surface area contributed by atoms with Gasteiger partial charge < -0.3 is 34.6 Å². The first-order valence-electron chi connectivity index (χ1n) is 20.7. The Morgan fingerprint density at radius 2 is 1.12 bits per heavy atom. The molecule has 4 aliphatic rings. The molecule has 0 spiro atoms. The smallest absolute Gasteiger partial charge is 0.329 e. The van der Waals surface area contributed by atoms with Crippen molar-refractivity contribution in [2.75, 3.05) is 90.8 Å². The lowest BCUT2D eigenvalue weighted by Gasteiger charge is -2.29. The first kappa shape index (κ1) is 42.9. The van der Waals surface area contributed by atoms with Gasteiger partial charge in [0.2, 0.25) is 10.3 Å². The van der Waals surface area contributed by atoms with Crippen molar-refractivity contribution in [3.63, 3.8) is 0 Å². The standard InChI is InChI=1S/C21H27N5O3S.C20H25N5O4S/c1-2-18-23-21(30-25-18)24-20(28)22-17-8-7-15(26-9-11-29-12-10-26)13-16(17)19(27)14-5-3-4-6-14;1-28-19-23-20(30-24-19)22-18(27)21-16-7-6-14(25-8-10-29-11-9-25)12-15(16)17(26)13-4-2-3-5-13/h7-8,13-14H,2-6,9-12H2,1H3,(H2,22,23,24,25,28);6-7,12-13H,2-5,8-11H2,1H3,(H2,21,22,23,24,27). The van der Waals surface area contributed by atoms with E-state index in [9.17, 15) is 19.2 Å². The van der Waals surface area contributed by atoms with Crippen LogP contribution in [0.5, 0.6) is 6.01 Å². The second-order valence-electron chi connectivity index (χ2n) is 15.0. The molecule has 2 aromatic heterocycles. The van der Waals surface area contributed by atoms with Crippen molar-refractivity contribution < 1.29 is 33.4 Å². The summed E-state index contributed by atoms with van der Waals surface area (Å²) in [5, 5.41) is 11.8. The lowest BCUT2D eigenvalue weighted by atomic mass is 9.94. The summed E-state index contributed by atoms with van der Waals surface area (Å²) in [7, 11) is 1.46. The number of carbonyl (C=O) groups is 4. The van der Waals surface area contributed by atoms with Crippen molar-refractivity contribution in [1.29, 1.82) is 0 Å². The van der Waals surface area contributed by atoms with Gasteiger partial charge in [-0.3, -0.25) is 20.2 Å². The van der Waals surface area contributed by atoms with E-state index in [-0.39, 0.29) is 29.4 Å². The van der Waals surface area contributed by atoms with E-state index in [1.54, 1.807) is 6.07 Å². The molecule has 0 bridgehead atoms. The number of aryl methyl sites for hydroxylation is 1. The molecule has 320 valence electrons. The molecule has 2 saturated carbocycles. The molecule has 2 aliphatic heterocycles. The summed E-state index contributed by atoms with van der Waals surface area (Å²) in [6, 6.07) is 10.6. The van der Waals surface area contributed by atoms with E-state index in [1.165, 1.54) is 7.11 Å². The average Bonchev–Trinajstić information content (AvgIpc) is 4.14. The fourth-order valence-electron chi connectivity index (χ4n) is 7.84. The average molecular weight is 861 g/mol. The van der Waals surface area contributed by atoms with E-state index in [2.05, 4.69) is 49.8 Å². The van der Waals surface area contributed by atoms with Gasteiger partial charge in [0.15, 0.2) is 11.6 Å². The van der Waals surface area contributed by atoms with E-state index in [0.717, 1.165) is 112 Å². The predicted molar refractivity (Wildman–Crippen MR) is 233 cm³/mol. The van der Waals surface area contributed by atoms with Gasteiger partial charge in [-0.05, 0) is 62.1 Å². The summed E-state index contributed by atoms with van der Waals surface area (Å²) >= 11 is 2.17. The predicted octanol–water partition coefficient (Wildman–Crippen LogP) is 7.35. The number of benzene rings is 2. The molecule has 0 radical (unpaired) electrons. The lowest BCUT2D eigenvalue weighted by molar-refractivity contribution is 0.0916. The minimum absolute atomic E-state index is 0.0148. The summed E-state index contributed by atoms with van der Waals surface area (Å²) < 4.78 is 23.9. The first-order chi connectivity index (χ1) is 29.3. The van der Waals surface area contributed by atoms with Crippen LogP contribution in [0.2, 0.25) is 0 Å². The molecule has 2 aromatic carbocycles. The Balaban J connectivity index is 0.000000181. The SMILES string of the molecule is CCc1nsc(NC(=O)Nc2ccc(N3CCOCC3)cc2C(=O)C2CCCC2)n1.COc1nsc(NC(=O)Nc2ccc(N3CCOCC3)cc2C(=O)C2CCCC2)n1. The number of hydrogen-bond donors (Lipinski definition) is 4. The number of ketones is 2. The van der Waals surface area contributed by atoms with E-state index in [0.29, 0.717) is 71.4 Å². The topological polar surface area (TPSA) is 202 Å². The highest BCUT2D eigenvalue weighted by atomic mass is 32.1. The maximum absolute atomic E-state index is 13.2. The molecule has 19 heteroatoms. The minimum atomic E-state index is -0.478. The lowest BCUT2D eigenvalue weighted by Crippen LogP contribution is -2.36. The van der Waals surface area contributed by atoms with Gasteiger partial charge in [0, 0.05) is 90.0 Å². The Labute approximate surface area is 357 Å². The van der Waals surface area contributed by atoms with Crippen LogP contribution in [0.15, 0.2) is 36.4 Å². The molecule has 2 aliphatic carbocycles. The van der Waals surface area contributed by atoms with Crippen LogP contribution in [0.3, 0.4) is 0 Å². The van der Waals surface area contributed by atoms with Gasteiger partial charge in [0.1, 0.15) is 5.82 Å². The summed E-state index contributed by atoms with van der Waals surface area (Å²) in [5.74, 6) is 0.949. The number of anilines is 6. The number of aromatic nitrogens is 4. The molecule has 4 heterocycles. The fourth-order valence-corrected chi connectivity index (χ4v) is 9.02. The van der Waals surface area contributed by atoms with Crippen LogP contribution in [0, 0.1) is 11.8 Å². The van der Waals surface area contributed by atoms with Crippen molar-refractivity contribution in [2.45, 2.75) is 64.7 Å². The maximum Gasteiger partial charge on any atom is 0.329 e. The Morgan fingerprint density at radius 1 is 0.667 bits per heavy atom. The van der Waals surface area contributed by atoms with Gasteiger partial charge in [0.25, 0.3) is 0 Å².